The lowest BCUT2D eigenvalue weighted by molar-refractivity contribution is 0.0831. The summed E-state index contributed by atoms with van der Waals surface area (Å²) in [4.78, 5) is 14.6. The molecule has 10 heteroatoms. The van der Waals surface area contributed by atoms with E-state index in [1.54, 1.807) is 0 Å². The quantitative estimate of drug-likeness (QED) is 0.619. The fourth-order valence-electron chi connectivity index (χ4n) is 4.66. The van der Waals surface area contributed by atoms with Crippen molar-refractivity contribution in [3.63, 3.8) is 0 Å². The van der Waals surface area contributed by atoms with Gasteiger partial charge in [-0.25, -0.2) is 17.5 Å². The van der Waals surface area contributed by atoms with E-state index in [4.69, 9.17) is 14.2 Å². The van der Waals surface area contributed by atoms with Gasteiger partial charge in [0.2, 0.25) is 10.0 Å². The molecule has 0 aromatic heterocycles. The van der Waals surface area contributed by atoms with E-state index in [0.717, 1.165) is 67.7 Å². The number of nitrogens with one attached hydrogen (secondary N) is 1. The molecule has 1 saturated heterocycles. The van der Waals surface area contributed by atoms with Crippen molar-refractivity contribution in [2.24, 2.45) is 0 Å². The number of hydrogen-bond acceptors (Lipinski definition) is 7. The molecule has 0 spiro atoms. The maximum atomic E-state index is 14.8. The number of amides is 1. The smallest absolute Gasteiger partial charge is 0.267 e. The van der Waals surface area contributed by atoms with Gasteiger partial charge in [0, 0.05) is 19.2 Å². The molecule has 1 amide bonds. The summed E-state index contributed by atoms with van der Waals surface area (Å²) in [5.74, 6) is 0.391. The van der Waals surface area contributed by atoms with Crippen LogP contribution in [0.2, 0.25) is 0 Å². The van der Waals surface area contributed by atoms with Crippen molar-refractivity contribution in [3.05, 3.63) is 52.8 Å². The Bertz CT molecular complexity index is 1230. The Morgan fingerprint density at radius 3 is 2.66 bits per heavy atom. The van der Waals surface area contributed by atoms with Gasteiger partial charge in [-0.1, -0.05) is 6.07 Å². The molecule has 188 valence electrons. The van der Waals surface area contributed by atoms with Crippen LogP contribution in [0.1, 0.15) is 53.1 Å². The Morgan fingerprint density at radius 1 is 1.14 bits per heavy atom. The monoisotopic (exact) mass is 504 g/mol. The standard InChI is InChI=1S/C25H29FN2O6S/c1-35(30,31)27-25(29)20-12-19(17-5-6-17)23(13-21(20)26)34-18-3-2-8-28(15-18)14-16-4-7-22-24(11-16)33-10-9-32-22/h4,7,11-13,17-18H,2-3,5-6,8-10,14-15H2,1H3,(H,27,29). The first-order valence-corrected chi connectivity index (χ1v) is 13.8. The molecule has 2 aliphatic heterocycles. The molecule has 2 heterocycles. The van der Waals surface area contributed by atoms with E-state index in [9.17, 15) is 17.6 Å². The molecule has 1 aliphatic carbocycles. The number of carbonyl (C=O) groups excluding carboxylic acids is 1. The summed E-state index contributed by atoms with van der Waals surface area (Å²) in [7, 11) is -3.79. The van der Waals surface area contributed by atoms with Gasteiger partial charge in [0.05, 0.1) is 11.8 Å². The summed E-state index contributed by atoms with van der Waals surface area (Å²) in [6.45, 7) is 3.47. The van der Waals surface area contributed by atoms with Crippen molar-refractivity contribution in [1.82, 2.24) is 9.62 Å². The number of halogens is 1. The highest BCUT2D eigenvalue weighted by atomic mass is 32.2. The first-order valence-electron chi connectivity index (χ1n) is 11.9. The Labute approximate surface area is 204 Å². The van der Waals surface area contributed by atoms with Gasteiger partial charge < -0.3 is 14.2 Å². The number of carbonyl (C=O) groups is 1. The molecule has 2 fully saturated rings. The second kappa shape index (κ2) is 9.66. The summed E-state index contributed by atoms with van der Waals surface area (Å²) in [6, 6.07) is 8.66. The summed E-state index contributed by atoms with van der Waals surface area (Å²) in [5, 5.41) is 0. The van der Waals surface area contributed by atoms with Gasteiger partial charge in [0.1, 0.15) is 30.9 Å². The lowest BCUT2D eigenvalue weighted by Crippen LogP contribution is -2.40. The van der Waals surface area contributed by atoms with Crippen LogP contribution in [0.5, 0.6) is 17.2 Å². The average molecular weight is 505 g/mol. The molecule has 5 rings (SSSR count). The Morgan fingerprint density at radius 2 is 1.91 bits per heavy atom. The lowest BCUT2D eigenvalue weighted by atomic mass is 10.0. The third kappa shape index (κ3) is 5.87. The first kappa shape index (κ1) is 23.9. The Balaban J connectivity index is 1.29. The van der Waals surface area contributed by atoms with Gasteiger partial charge in [0.25, 0.3) is 5.91 Å². The molecule has 3 aliphatic rings. The minimum Gasteiger partial charge on any atom is -0.489 e. The molecule has 8 nitrogen and oxygen atoms in total. The van der Waals surface area contributed by atoms with Crippen molar-refractivity contribution in [1.29, 1.82) is 0 Å². The van der Waals surface area contributed by atoms with Crippen LogP contribution in [0.15, 0.2) is 30.3 Å². The van der Waals surface area contributed by atoms with Crippen LogP contribution in [0.4, 0.5) is 4.39 Å². The van der Waals surface area contributed by atoms with Crippen LogP contribution in [0, 0.1) is 5.82 Å². The SMILES string of the molecule is CS(=O)(=O)NC(=O)c1cc(C2CC2)c(OC2CCCN(Cc3ccc4c(c3)OCCO4)C2)cc1F. The Kier molecular flexibility index (Phi) is 6.59. The molecule has 2 aromatic rings. The number of ether oxygens (including phenoxy) is 3. The van der Waals surface area contributed by atoms with Gasteiger partial charge >= 0.3 is 0 Å². The predicted molar refractivity (Wildman–Crippen MR) is 127 cm³/mol. The number of benzene rings is 2. The maximum Gasteiger partial charge on any atom is 0.267 e. The van der Waals surface area contributed by atoms with Crippen molar-refractivity contribution >= 4 is 15.9 Å². The highest BCUT2D eigenvalue weighted by Gasteiger charge is 2.31. The van der Waals surface area contributed by atoms with Crippen LogP contribution < -0.4 is 18.9 Å². The van der Waals surface area contributed by atoms with Crippen molar-refractivity contribution in [2.45, 2.75) is 44.2 Å². The fourth-order valence-corrected chi connectivity index (χ4v) is 5.11. The molecule has 0 bridgehead atoms. The highest BCUT2D eigenvalue weighted by molar-refractivity contribution is 7.89. The number of sulfonamides is 1. The zero-order valence-corrected chi connectivity index (χ0v) is 20.4. The zero-order valence-electron chi connectivity index (χ0n) is 19.6. The second-order valence-corrected chi connectivity index (χ2v) is 11.2. The molecular formula is C25H29FN2O6S. The minimum atomic E-state index is -3.79. The molecular weight excluding hydrogens is 475 g/mol. The number of piperidine rings is 1. The zero-order chi connectivity index (χ0) is 24.6. The molecule has 1 N–H and O–H groups in total. The Hall–Kier alpha value is -2.85. The third-order valence-electron chi connectivity index (χ3n) is 6.41. The van der Waals surface area contributed by atoms with Crippen LogP contribution in [0.3, 0.4) is 0 Å². The van der Waals surface area contributed by atoms with Crippen LogP contribution in [-0.4, -0.2) is 57.9 Å². The van der Waals surface area contributed by atoms with Gasteiger partial charge in [-0.15, -0.1) is 0 Å². The summed E-state index contributed by atoms with van der Waals surface area (Å²) in [5.41, 5.74) is 1.60. The van der Waals surface area contributed by atoms with E-state index in [0.29, 0.717) is 25.5 Å². The summed E-state index contributed by atoms with van der Waals surface area (Å²) >= 11 is 0. The van der Waals surface area contributed by atoms with E-state index in [1.807, 2.05) is 22.9 Å². The highest BCUT2D eigenvalue weighted by Crippen LogP contribution is 2.45. The summed E-state index contributed by atoms with van der Waals surface area (Å²) in [6.07, 6.45) is 4.40. The maximum absolute atomic E-state index is 14.8. The van der Waals surface area contributed by atoms with Gasteiger partial charge in [0.15, 0.2) is 11.5 Å². The number of nitrogens with zero attached hydrogens (tertiary/aromatic N) is 1. The van der Waals surface area contributed by atoms with Crippen molar-refractivity contribution in [2.75, 3.05) is 32.6 Å². The lowest BCUT2D eigenvalue weighted by Gasteiger charge is -2.33. The van der Waals surface area contributed by atoms with Crippen LogP contribution >= 0.6 is 0 Å². The van der Waals surface area contributed by atoms with E-state index in [-0.39, 0.29) is 17.6 Å². The number of hydrogen-bond donors (Lipinski definition) is 1. The van der Waals surface area contributed by atoms with Crippen molar-refractivity contribution in [3.8, 4) is 17.2 Å². The van der Waals surface area contributed by atoms with Gasteiger partial charge in [-0.2, -0.15) is 0 Å². The summed E-state index contributed by atoms with van der Waals surface area (Å²) < 4.78 is 57.1. The fraction of sp³-hybridized carbons (Fsp3) is 0.480. The topological polar surface area (TPSA) is 94.2 Å². The second-order valence-electron chi connectivity index (χ2n) is 9.44. The van der Waals surface area contributed by atoms with E-state index < -0.39 is 21.7 Å². The number of rotatable bonds is 7. The van der Waals surface area contributed by atoms with E-state index in [2.05, 4.69) is 4.90 Å². The first-order chi connectivity index (χ1) is 16.7. The number of likely N-dealkylation sites (tertiary alicyclic amines) is 1. The predicted octanol–water partition coefficient (Wildman–Crippen LogP) is 3.21. The van der Waals surface area contributed by atoms with Crippen molar-refractivity contribution < 1.29 is 31.8 Å². The average Bonchev–Trinajstić information content (AvgIpc) is 3.63. The number of fused-ring (bicyclic) bond motifs is 1. The van der Waals surface area contributed by atoms with E-state index in [1.165, 1.54) is 12.1 Å². The van der Waals surface area contributed by atoms with E-state index >= 15 is 0 Å². The molecule has 35 heavy (non-hydrogen) atoms. The third-order valence-corrected chi connectivity index (χ3v) is 6.96. The van der Waals surface area contributed by atoms with Crippen LogP contribution in [0.25, 0.3) is 0 Å². The molecule has 1 unspecified atom stereocenters. The van der Waals surface area contributed by atoms with Gasteiger partial charge in [-0.3, -0.25) is 9.69 Å². The molecule has 0 radical (unpaired) electrons. The minimum absolute atomic E-state index is 0.117. The van der Waals surface area contributed by atoms with Gasteiger partial charge in [-0.05, 0) is 67.5 Å². The molecule has 2 aromatic carbocycles. The largest absolute Gasteiger partial charge is 0.489 e. The van der Waals surface area contributed by atoms with Crippen LogP contribution in [-0.2, 0) is 16.6 Å². The molecule has 1 atom stereocenters. The molecule has 1 saturated carbocycles. The normalized spacial score (nSPS) is 20.3.